The van der Waals surface area contributed by atoms with Crippen LogP contribution in [0.1, 0.15) is 39.5 Å². The van der Waals surface area contributed by atoms with Crippen LogP contribution < -0.4 is 0 Å². The van der Waals surface area contributed by atoms with Crippen LogP contribution in [0.2, 0.25) is 0 Å². The van der Waals surface area contributed by atoms with Crippen molar-refractivity contribution in [2.24, 2.45) is 5.11 Å². The van der Waals surface area contributed by atoms with Gasteiger partial charge in [0.05, 0.1) is 24.9 Å². The second kappa shape index (κ2) is 10.8. The fraction of sp³-hybridized carbons (Fsp3) is 1.00. The van der Waals surface area contributed by atoms with E-state index < -0.39 is 30.6 Å². The largest absolute Gasteiger partial charge is 0.385 e. The number of hydrogen-bond acceptors (Lipinski definition) is 6. The van der Waals surface area contributed by atoms with E-state index in [2.05, 4.69) is 16.9 Å². The smallest absolute Gasteiger partial charge is 0.183 e. The van der Waals surface area contributed by atoms with Gasteiger partial charge in [-0.25, -0.2) is 0 Å². The molecular weight excluding hydrogens is 290 g/mol. The summed E-state index contributed by atoms with van der Waals surface area (Å²) in [5, 5.41) is 23.5. The van der Waals surface area contributed by atoms with Crippen LogP contribution in [0.15, 0.2) is 5.11 Å². The number of azide groups is 1. The maximum atomic E-state index is 10.0. The van der Waals surface area contributed by atoms with Crippen molar-refractivity contribution in [2.75, 3.05) is 19.8 Å². The molecular formula is C14H27N3O5. The van der Waals surface area contributed by atoms with E-state index in [1.54, 1.807) is 0 Å². The molecule has 2 N–H and O–H groups in total. The quantitative estimate of drug-likeness (QED) is 0.275. The van der Waals surface area contributed by atoms with Crippen LogP contribution in [-0.4, -0.2) is 60.7 Å². The van der Waals surface area contributed by atoms with Gasteiger partial charge in [0.25, 0.3) is 0 Å². The molecule has 1 aliphatic rings. The zero-order valence-electron chi connectivity index (χ0n) is 13.3. The third kappa shape index (κ3) is 5.72. The molecule has 0 radical (unpaired) electrons. The number of nitrogens with zero attached hydrogens (tertiary/aromatic N) is 3. The molecule has 1 rings (SSSR count). The molecule has 0 aromatic heterocycles. The van der Waals surface area contributed by atoms with Crippen LogP contribution in [0.3, 0.4) is 0 Å². The fourth-order valence-corrected chi connectivity index (χ4v) is 2.26. The van der Waals surface area contributed by atoms with Crippen molar-refractivity contribution < 1.29 is 24.4 Å². The average molecular weight is 317 g/mol. The van der Waals surface area contributed by atoms with E-state index in [4.69, 9.17) is 19.7 Å². The summed E-state index contributed by atoms with van der Waals surface area (Å²) in [5.74, 6) is 0. The SMILES string of the molecule is CCCCOCC1O[C@@H](O)C(O)C(OCCCC)[C@H]1N=[N+]=[N-]. The maximum Gasteiger partial charge on any atom is 0.183 e. The molecule has 0 bridgehead atoms. The third-order valence-corrected chi connectivity index (χ3v) is 3.58. The summed E-state index contributed by atoms with van der Waals surface area (Å²) in [4.78, 5) is 2.81. The Morgan fingerprint density at radius 3 is 2.50 bits per heavy atom. The Bertz CT molecular complexity index is 351. The molecule has 3 unspecified atom stereocenters. The standard InChI is InChI=1S/C14H27N3O5/c1-3-5-7-20-9-10-11(16-17-15)13(21-8-6-4-2)12(18)14(19)22-10/h10-14,18-19H,3-9H2,1-2H3/t10?,11-,12?,13?,14+/m0/s1. The Labute approximate surface area is 131 Å². The minimum atomic E-state index is -1.38. The summed E-state index contributed by atoms with van der Waals surface area (Å²) >= 11 is 0. The number of rotatable bonds is 10. The lowest BCUT2D eigenvalue weighted by Crippen LogP contribution is -2.58. The lowest BCUT2D eigenvalue weighted by molar-refractivity contribution is -0.268. The molecule has 1 saturated heterocycles. The van der Waals surface area contributed by atoms with Crippen LogP contribution in [0.4, 0.5) is 0 Å². The Balaban J connectivity index is 2.70. The monoisotopic (exact) mass is 317 g/mol. The number of unbranched alkanes of at least 4 members (excludes halogenated alkanes) is 2. The van der Waals surface area contributed by atoms with Gasteiger partial charge in [-0.3, -0.25) is 0 Å². The second-order valence-corrected chi connectivity index (χ2v) is 5.37. The predicted molar refractivity (Wildman–Crippen MR) is 80.2 cm³/mol. The molecule has 0 aromatic rings. The van der Waals surface area contributed by atoms with E-state index in [1.807, 2.05) is 6.92 Å². The highest BCUT2D eigenvalue weighted by Crippen LogP contribution is 2.25. The Hall–Kier alpha value is -0.890. The molecule has 0 amide bonds. The van der Waals surface area contributed by atoms with Gasteiger partial charge in [0.2, 0.25) is 0 Å². The highest BCUT2D eigenvalue weighted by molar-refractivity contribution is 4.95. The first-order valence-electron chi connectivity index (χ1n) is 7.90. The van der Waals surface area contributed by atoms with Crippen molar-refractivity contribution in [3.8, 4) is 0 Å². The fourth-order valence-electron chi connectivity index (χ4n) is 2.26. The molecule has 0 spiro atoms. The highest BCUT2D eigenvalue weighted by Gasteiger charge is 2.45. The van der Waals surface area contributed by atoms with Gasteiger partial charge in [0, 0.05) is 18.1 Å². The molecule has 22 heavy (non-hydrogen) atoms. The van der Waals surface area contributed by atoms with Crippen LogP contribution in [0.5, 0.6) is 0 Å². The zero-order valence-corrected chi connectivity index (χ0v) is 13.3. The van der Waals surface area contributed by atoms with Gasteiger partial charge in [-0.05, 0) is 18.4 Å². The van der Waals surface area contributed by atoms with Crippen LogP contribution in [-0.2, 0) is 14.2 Å². The van der Waals surface area contributed by atoms with Crippen molar-refractivity contribution in [1.29, 1.82) is 0 Å². The second-order valence-electron chi connectivity index (χ2n) is 5.37. The minimum Gasteiger partial charge on any atom is -0.385 e. The first-order chi connectivity index (χ1) is 10.7. The highest BCUT2D eigenvalue weighted by atomic mass is 16.6. The van der Waals surface area contributed by atoms with Crippen molar-refractivity contribution in [2.45, 2.75) is 70.2 Å². The maximum absolute atomic E-state index is 10.0. The van der Waals surface area contributed by atoms with Gasteiger partial charge in [0.15, 0.2) is 6.29 Å². The lowest BCUT2D eigenvalue weighted by Gasteiger charge is -2.41. The molecule has 0 saturated carbocycles. The first kappa shape index (κ1) is 19.2. The summed E-state index contributed by atoms with van der Waals surface area (Å²) in [7, 11) is 0. The van der Waals surface area contributed by atoms with Crippen molar-refractivity contribution in [3.05, 3.63) is 10.4 Å². The van der Waals surface area contributed by atoms with E-state index in [0.717, 1.165) is 25.7 Å². The molecule has 8 heteroatoms. The number of aliphatic hydroxyl groups excluding tert-OH is 2. The minimum absolute atomic E-state index is 0.182. The summed E-state index contributed by atoms with van der Waals surface area (Å²) in [6.45, 7) is 5.25. The van der Waals surface area contributed by atoms with E-state index >= 15 is 0 Å². The predicted octanol–water partition coefficient (Wildman–Crippen LogP) is 1.75. The van der Waals surface area contributed by atoms with Gasteiger partial charge < -0.3 is 24.4 Å². The Kier molecular flexibility index (Phi) is 9.38. The van der Waals surface area contributed by atoms with Crippen LogP contribution in [0.25, 0.3) is 10.4 Å². The number of hydrogen-bond donors (Lipinski definition) is 2. The molecule has 0 aromatic carbocycles. The molecule has 0 aliphatic carbocycles. The van der Waals surface area contributed by atoms with Gasteiger partial charge in [-0.1, -0.05) is 31.8 Å². The molecule has 8 nitrogen and oxygen atoms in total. The van der Waals surface area contributed by atoms with E-state index in [0.29, 0.717) is 13.2 Å². The molecule has 5 atom stereocenters. The van der Waals surface area contributed by atoms with Gasteiger partial charge in [-0.2, -0.15) is 0 Å². The zero-order chi connectivity index (χ0) is 16.4. The van der Waals surface area contributed by atoms with E-state index in [9.17, 15) is 10.2 Å². The summed E-state index contributed by atoms with van der Waals surface area (Å²) < 4.78 is 16.4. The van der Waals surface area contributed by atoms with Gasteiger partial charge >= 0.3 is 0 Å². The van der Waals surface area contributed by atoms with Gasteiger partial charge in [0.1, 0.15) is 6.10 Å². The van der Waals surface area contributed by atoms with E-state index in [-0.39, 0.29) is 6.61 Å². The normalized spacial score (nSPS) is 31.7. The molecule has 128 valence electrons. The third-order valence-electron chi connectivity index (χ3n) is 3.58. The van der Waals surface area contributed by atoms with Crippen LogP contribution in [0, 0.1) is 0 Å². The van der Waals surface area contributed by atoms with Crippen molar-refractivity contribution >= 4 is 0 Å². The number of ether oxygens (including phenoxy) is 3. The summed E-state index contributed by atoms with van der Waals surface area (Å²) in [6, 6.07) is -0.734. The Morgan fingerprint density at radius 2 is 1.86 bits per heavy atom. The number of aliphatic hydroxyl groups is 2. The molecule has 1 heterocycles. The van der Waals surface area contributed by atoms with E-state index in [1.165, 1.54) is 0 Å². The topological polar surface area (TPSA) is 117 Å². The van der Waals surface area contributed by atoms with Crippen LogP contribution >= 0.6 is 0 Å². The lowest BCUT2D eigenvalue weighted by atomic mass is 9.97. The first-order valence-corrected chi connectivity index (χ1v) is 7.90. The summed E-state index contributed by atoms with van der Waals surface area (Å²) in [5.41, 5.74) is 8.75. The van der Waals surface area contributed by atoms with Crippen molar-refractivity contribution in [1.82, 2.24) is 0 Å². The average Bonchev–Trinajstić information content (AvgIpc) is 2.51. The molecule has 1 aliphatic heterocycles. The Morgan fingerprint density at radius 1 is 1.18 bits per heavy atom. The molecule has 1 fully saturated rings. The summed E-state index contributed by atoms with van der Waals surface area (Å²) in [6.07, 6.45) is -0.381. The van der Waals surface area contributed by atoms with Gasteiger partial charge in [-0.15, -0.1) is 0 Å². The van der Waals surface area contributed by atoms with Crippen molar-refractivity contribution in [3.63, 3.8) is 0 Å².